The fourth-order valence-corrected chi connectivity index (χ4v) is 3.34. The molecule has 1 aromatic rings. The summed E-state index contributed by atoms with van der Waals surface area (Å²) in [6.45, 7) is 2.11. The number of ether oxygens (including phenoxy) is 1. The molecule has 112 valence electrons. The monoisotopic (exact) mass is 276 g/mol. The lowest BCUT2D eigenvalue weighted by molar-refractivity contribution is 0.345. The maximum Gasteiger partial charge on any atom is 0.123 e. The van der Waals surface area contributed by atoms with Crippen molar-refractivity contribution in [2.45, 2.75) is 57.9 Å². The maximum absolute atomic E-state index is 5.83. The van der Waals surface area contributed by atoms with E-state index in [0.29, 0.717) is 0 Å². The Kier molecular flexibility index (Phi) is 5.86. The standard InChI is InChI=1S/C17H28N2O/c1-13-9-10-17(20-2)15(11-13)16(19-18)12-14-7-5-3-4-6-8-14/h9-11,14,16,19H,3-8,12,18H2,1-2H3. The second-order valence-corrected chi connectivity index (χ2v) is 6.06. The lowest BCUT2D eigenvalue weighted by Crippen LogP contribution is -2.30. The van der Waals surface area contributed by atoms with E-state index in [2.05, 4.69) is 24.5 Å². The first kappa shape index (κ1) is 15.3. The van der Waals surface area contributed by atoms with Crippen molar-refractivity contribution in [3.05, 3.63) is 29.3 Å². The highest BCUT2D eigenvalue weighted by molar-refractivity contribution is 5.39. The van der Waals surface area contributed by atoms with Gasteiger partial charge < -0.3 is 4.74 Å². The molecule has 1 aliphatic carbocycles. The summed E-state index contributed by atoms with van der Waals surface area (Å²) in [5, 5.41) is 0. The number of nitrogens with one attached hydrogen (secondary N) is 1. The van der Waals surface area contributed by atoms with Gasteiger partial charge in [0.05, 0.1) is 7.11 Å². The Morgan fingerprint density at radius 2 is 1.95 bits per heavy atom. The summed E-state index contributed by atoms with van der Waals surface area (Å²) in [4.78, 5) is 0. The molecule has 0 aliphatic heterocycles. The summed E-state index contributed by atoms with van der Waals surface area (Å²) in [5.41, 5.74) is 5.45. The molecule has 1 unspecified atom stereocenters. The van der Waals surface area contributed by atoms with Crippen molar-refractivity contribution in [1.29, 1.82) is 0 Å². The summed E-state index contributed by atoms with van der Waals surface area (Å²) in [6, 6.07) is 6.51. The molecule has 0 heterocycles. The SMILES string of the molecule is COc1ccc(C)cc1C(CC1CCCCCC1)NN. The third-order valence-corrected chi connectivity index (χ3v) is 4.51. The molecule has 1 atom stereocenters. The third kappa shape index (κ3) is 3.97. The number of rotatable bonds is 5. The molecule has 2 rings (SSSR count). The minimum Gasteiger partial charge on any atom is -0.496 e. The number of hydrogen-bond acceptors (Lipinski definition) is 3. The van der Waals surface area contributed by atoms with Gasteiger partial charge in [-0.05, 0) is 25.3 Å². The third-order valence-electron chi connectivity index (χ3n) is 4.51. The van der Waals surface area contributed by atoms with Gasteiger partial charge in [-0.3, -0.25) is 11.3 Å². The quantitative estimate of drug-likeness (QED) is 0.487. The number of hydrazine groups is 1. The van der Waals surface area contributed by atoms with Crippen LogP contribution >= 0.6 is 0 Å². The Bertz CT molecular complexity index is 411. The van der Waals surface area contributed by atoms with Gasteiger partial charge in [-0.15, -0.1) is 0 Å². The highest BCUT2D eigenvalue weighted by Crippen LogP contribution is 2.34. The maximum atomic E-state index is 5.83. The molecule has 1 aliphatic rings. The van der Waals surface area contributed by atoms with Gasteiger partial charge in [-0.1, -0.05) is 56.2 Å². The van der Waals surface area contributed by atoms with E-state index in [4.69, 9.17) is 10.6 Å². The largest absolute Gasteiger partial charge is 0.496 e. The number of aryl methyl sites for hydroxylation is 1. The van der Waals surface area contributed by atoms with Crippen LogP contribution < -0.4 is 16.0 Å². The molecular formula is C17H28N2O. The van der Waals surface area contributed by atoms with E-state index < -0.39 is 0 Å². The predicted octanol–water partition coefficient (Wildman–Crippen LogP) is 3.87. The number of benzene rings is 1. The zero-order chi connectivity index (χ0) is 14.4. The van der Waals surface area contributed by atoms with Gasteiger partial charge in [-0.25, -0.2) is 0 Å². The summed E-state index contributed by atoms with van der Waals surface area (Å²) in [5.74, 6) is 7.55. The number of methoxy groups -OCH3 is 1. The molecule has 0 amide bonds. The lowest BCUT2D eigenvalue weighted by atomic mass is 9.89. The van der Waals surface area contributed by atoms with E-state index in [-0.39, 0.29) is 6.04 Å². The summed E-state index contributed by atoms with van der Waals surface area (Å²) < 4.78 is 5.50. The molecule has 20 heavy (non-hydrogen) atoms. The van der Waals surface area contributed by atoms with Crippen LogP contribution in [0.2, 0.25) is 0 Å². The fourth-order valence-electron chi connectivity index (χ4n) is 3.34. The number of nitrogens with two attached hydrogens (primary N) is 1. The highest BCUT2D eigenvalue weighted by Gasteiger charge is 2.21. The average molecular weight is 276 g/mol. The van der Waals surface area contributed by atoms with Crippen molar-refractivity contribution in [1.82, 2.24) is 5.43 Å². The predicted molar refractivity (Wildman–Crippen MR) is 83.6 cm³/mol. The van der Waals surface area contributed by atoms with Crippen molar-refractivity contribution < 1.29 is 4.74 Å². The van der Waals surface area contributed by atoms with Crippen molar-refractivity contribution in [2.75, 3.05) is 7.11 Å². The van der Waals surface area contributed by atoms with Crippen LogP contribution in [0.15, 0.2) is 18.2 Å². The lowest BCUT2D eigenvalue weighted by Gasteiger charge is -2.24. The normalized spacial score (nSPS) is 18.6. The fraction of sp³-hybridized carbons (Fsp3) is 0.647. The Morgan fingerprint density at radius 3 is 2.55 bits per heavy atom. The first-order valence-electron chi connectivity index (χ1n) is 7.85. The highest BCUT2D eigenvalue weighted by atomic mass is 16.5. The molecule has 0 aromatic heterocycles. The first-order chi connectivity index (χ1) is 9.74. The van der Waals surface area contributed by atoms with Gasteiger partial charge in [0.25, 0.3) is 0 Å². The van der Waals surface area contributed by atoms with Gasteiger partial charge in [0.2, 0.25) is 0 Å². The molecule has 3 nitrogen and oxygen atoms in total. The van der Waals surface area contributed by atoms with E-state index in [1.165, 1.54) is 49.7 Å². The van der Waals surface area contributed by atoms with Crippen LogP contribution in [0.1, 0.15) is 62.1 Å². The molecule has 1 fully saturated rings. The van der Waals surface area contributed by atoms with E-state index in [9.17, 15) is 0 Å². The zero-order valence-corrected chi connectivity index (χ0v) is 12.8. The summed E-state index contributed by atoms with van der Waals surface area (Å²) >= 11 is 0. The van der Waals surface area contributed by atoms with Gasteiger partial charge in [0.15, 0.2) is 0 Å². The minimum absolute atomic E-state index is 0.188. The van der Waals surface area contributed by atoms with Gasteiger partial charge >= 0.3 is 0 Å². The molecule has 1 aromatic carbocycles. The zero-order valence-electron chi connectivity index (χ0n) is 12.8. The van der Waals surface area contributed by atoms with Crippen LogP contribution in [-0.2, 0) is 0 Å². The smallest absolute Gasteiger partial charge is 0.123 e. The Balaban J connectivity index is 2.12. The second kappa shape index (κ2) is 7.65. The van der Waals surface area contributed by atoms with E-state index in [1.54, 1.807) is 7.11 Å². The Hall–Kier alpha value is -1.06. The first-order valence-corrected chi connectivity index (χ1v) is 7.85. The summed E-state index contributed by atoms with van der Waals surface area (Å²) in [7, 11) is 1.73. The van der Waals surface area contributed by atoms with Gasteiger partial charge in [-0.2, -0.15) is 0 Å². The second-order valence-electron chi connectivity index (χ2n) is 6.06. The van der Waals surface area contributed by atoms with Crippen molar-refractivity contribution in [3.63, 3.8) is 0 Å². The molecule has 0 bridgehead atoms. The molecular weight excluding hydrogens is 248 g/mol. The van der Waals surface area contributed by atoms with E-state index in [0.717, 1.165) is 18.1 Å². The number of hydrogen-bond donors (Lipinski definition) is 2. The van der Waals surface area contributed by atoms with Crippen molar-refractivity contribution in [3.8, 4) is 5.75 Å². The van der Waals surface area contributed by atoms with Crippen LogP contribution in [0.3, 0.4) is 0 Å². The molecule has 0 saturated heterocycles. The topological polar surface area (TPSA) is 47.3 Å². The molecule has 3 heteroatoms. The van der Waals surface area contributed by atoms with Gasteiger partial charge in [0.1, 0.15) is 5.75 Å². The average Bonchev–Trinajstić information content (AvgIpc) is 2.73. The molecule has 0 radical (unpaired) electrons. The van der Waals surface area contributed by atoms with Crippen LogP contribution in [0.4, 0.5) is 0 Å². The molecule has 0 spiro atoms. The Morgan fingerprint density at radius 1 is 1.25 bits per heavy atom. The van der Waals surface area contributed by atoms with Crippen LogP contribution in [0, 0.1) is 12.8 Å². The minimum atomic E-state index is 0.188. The van der Waals surface area contributed by atoms with Crippen molar-refractivity contribution in [2.24, 2.45) is 11.8 Å². The molecule has 3 N–H and O–H groups in total. The van der Waals surface area contributed by atoms with Crippen molar-refractivity contribution >= 4 is 0 Å². The van der Waals surface area contributed by atoms with E-state index in [1.807, 2.05) is 6.07 Å². The van der Waals surface area contributed by atoms with Gasteiger partial charge in [0, 0.05) is 11.6 Å². The Labute approximate surface area is 122 Å². The van der Waals surface area contributed by atoms with Crippen LogP contribution in [-0.4, -0.2) is 7.11 Å². The summed E-state index contributed by atoms with van der Waals surface area (Å²) in [6.07, 6.45) is 9.31. The van der Waals surface area contributed by atoms with E-state index >= 15 is 0 Å². The van der Waals surface area contributed by atoms with Crippen LogP contribution in [0.5, 0.6) is 5.75 Å². The molecule has 1 saturated carbocycles. The van der Waals surface area contributed by atoms with Crippen LogP contribution in [0.25, 0.3) is 0 Å².